The minimum atomic E-state index is -0.359. The summed E-state index contributed by atoms with van der Waals surface area (Å²) < 4.78 is 3.34. The van der Waals surface area contributed by atoms with E-state index in [-0.39, 0.29) is 18.4 Å². The Labute approximate surface area is 199 Å². The molecule has 34 heavy (non-hydrogen) atoms. The summed E-state index contributed by atoms with van der Waals surface area (Å²) in [4.78, 5) is 30.3. The lowest BCUT2D eigenvalue weighted by Gasteiger charge is -2.30. The molecule has 5 aromatic rings. The van der Waals surface area contributed by atoms with Crippen LogP contribution in [0.25, 0.3) is 27.3 Å². The predicted molar refractivity (Wildman–Crippen MR) is 129 cm³/mol. The number of benzene rings is 1. The third kappa shape index (κ3) is 3.57. The molecule has 0 aliphatic heterocycles. The van der Waals surface area contributed by atoms with Crippen molar-refractivity contribution in [2.45, 2.75) is 13.5 Å². The van der Waals surface area contributed by atoms with E-state index in [1.54, 1.807) is 60.0 Å². The van der Waals surface area contributed by atoms with Gasteiger partial charge in [0.1, 0.15) is 5.82 Å². The summed E-state index contributed by atoms with van der Waals surface area (Å²) in [5, 5.41) is 13.4. The average molecular weight is 477 g/mol. The van der Waals surface area contributed by atoms with Crippen LogP contribution >= 0.6 is 11.6 Å². The molecule has 0 aliphatic carbocycles. The van der Waals surface area contributed by atoms with Gasteiger partial charge < -0.3 is 5.73 Å². The van der Waals surface area contributed by atoms with Gasteiger partial charge in [0.25, 0.3) is 5.91 Å². The van der Waals surface area contributed by atoms with Gasteiger partial charge in [0.15, 0.2) is 0 Å². The van der Waals surface area contributed by atoms with Gasteiger partial charge in [0.2, 0.25) is 5.91 Å². The number of carbonyl (C=O) groups is 2. The summed E-state index contributed by atoms with van der Waals surface area (Å²) in [6.07, 6.45) is 3.33. The number of amides is 2. The largest absolute Gasteiger partial charge is 0.383 e. The number of rotatable bonds is 3. The fourth-order valence-corrected chi connectivity index (χ4v) is 4.12. The van der Waals surface area contributed by atoms with Crippen LogP contribution in [0.15, 0.2) is 48.8 Å². The van der Waals surface area contributed by atoms with Gasteiger partial charge in [-0.05, 0) is 36.4 Å². The van der Waals surface area contributed by atoms with Crippen molar-refractivity contribution < 1.29 is 9.59 Å². The molecular formula is C23H21ClN8O2. The molecule has 0 radical (unpaired) electrons. The van der Waals surface area contributed by atoms with Crippen molar-refractivity contribution in [3.63, 3.8) is 0 Å². The van der Waals surface area contributed by atoms with E-state index in [0.717, 1.165) is 16.4 Å². The molecule has 11 heteroatoms. The molecule has 4 aromatic heterocycles. The summed E-state index contributed by atoms with van der Waals surface area (Å²) in [5.74, 6) is -0.272. The Hall–Kier alpha value is -4.18. The molecule has 10 nitrogen and oxygen atoms in total. The van der Waals surface area contributed by atoms with Gasteiger partial charge in [-0.15, -0.1) is 0 Å². The maximum Gasteiger partial charge on any atom is 0.272 e. The summed E-state index contributed by atoms with van der Waals surface area (Å²) in [6.45, 7) is 1.49. The van der Waals surface area contributed by atoms with Gasteiger partial charge in [0, 0.05) is 38.2 Å². The fourth-order valence-electron chi connectivity index (χ4n) is 3.97. The summed E-state index contributed by atoms with van der Waals surface area (Å²) >= 11 is 6.06. The number of anilines is 1. The van der Waals surface area contributed by atoms with Gasteiger partial charge in [-0.25, -0.2) is 14.5 Å². The highest BCUT2D eigenvalue weighted by molar-refractivity contribution is 6.30. The predicted octanol–water partition coefficient (Wildman–Crippen LogP) is 3.04. The molecule has 4 heterocycles. The molecule has 0 fully saturated rings. The zero-order valence-electron chi connectivity index (χ0n) is 18.7. The van der Waals surface area contributed by atoms with Crippen molar-refractivity contribution >= 4 is 56.6 Å². The number of hydrogen-bond donors (Lipinski definition) is 1. The Morgan fingerprint density at radius 3 is 2.71 bits per heavy atom. The molecule has 0 saturated heterocycles. The van der Waals surface area contributed by atoms with Crippen LogP contribution in [0.2, 0.25) is 5.02 Å². The van der Waals surface area contributed by atoms with Crippen molar-refractivity contribution in [1.82, 2.24) is 34.4 Å². The summed E-state index contributed by atoms with van der Waals surface area (Å²) in [7, 11) is 3.36. The maximum atomic E-state index is 13.6. The highest BCUT2D eigenvalue weighted by Crippen LogP contribution is 2.28. The third-order valence-electron chi connectivity index (χ3n) is 5.79. The lowest BCUT2D eigenvalue weighted by molar-refractivity contribution is -0.140. The number of nitrogens with two attached hydrogens (primary N) is 1. The first-order valence-electron chi connectivity index (χ1n) is 10.4. The van der Waals surface area contributed by atoms with Gasteiger partial charge >= 0.3 is 0 Å². The second-order valence-corrected chi connectivity index (χ2v) is 8.45. The molecule has 172 valence electrons. The minimum absolute atomic E-state index is 0.0906. The molecule has 0 saturated carbocycles. The van der Waals surface area contributed by atoms with Crippen LogP contribution in [0, 0.1) is 0 Å². The molecule has 5 rings (SSSR count). The van der Waals surface area contributed by atoms with E-state index in [2.05, 4.69) is 15.2 Å². The lowest BCUT2D eigenvalue weighted by Crippen LogP contribution is -2.46. The van der Waals surface area contributed by atoms with Crippen molar-refractivity contribution in [3.8, 4) is 0 Å². The van der Waals surface area contributed by atoms with Gasteiger partial charge in [-0.2, -0.15) is 10.2 Å². The molecule has 1 aromatic carbocycles. The monoisotopic (exact) mass is 476 g/mol. The molecule has 0 spiro atoms. The first-order valence-corrected chi connectivity index (χ1v) is 10.8. The van der Waals surface area contributed by atoms with Crippen molar-refractivity contribution in [2.75, 3.05) is 12.8 Å². The van der Waals surface area contributed by atoms with Crippen LogP contribution < -0.4 is 5.73 Å². The molecule has 2 N–H and O–H groups in total. The number of hydrazine groups is 1. The number of nitrogens with zero attached hydrogens (tertiary/aromatic N) is 7. The van der Waals surface area contributed by atoms with E-state index in [1.807, 2.05) is 12.1 Å². The average Bonchev–Trinajstić information content (AvgIpc) is 3.39. The number of halogens is 1. The van der Waals surface area contributed by atoms with E-state index >= 15 is 0 Å². The van der Waals surface area contributed by atoms with Crippen LogP contribution in [0.3, 0.4) is 0 Å². The first-order chi connectivity index (χ1) is 16.2. The van der Waals surface area contributed by atoms with Gasteiger partial charge in [0.05, 0.1) is 45.4 Å². The summed E-state index contributed by atoms with van der Waals surface area (Å²) in [5.41, 5.74) is 9.33. The number of nitrogen functional groups attached to an aromatic ring is 1. The second kappa shape index (κ2) is 7.99. The van der Waals surface area contributed by atoms with Crippen molar-refractivity contribution in [3.05, 3.63) is 65.1 Å². The highest BCUT2D eigenvalue weighted by atomic mass is 35.5. The number of aromatic nitrogens is 5. The zero-order valence-corrected chi connectivity index (χ0v) is 19.5. The number of pyridine rings is 2. The number of hydrogen-bond acceptors (Lipinski definition) is 6. The smallest absolute Gasteiger partial charge is 0.272 e. The Morgan fingerprint density at radius 2 is 1.94 bits per heavy atom. The van der Waals surface area contributed by atoms with Crippen LogP contribution in [-0.2, 0) is 18.4 Å². The first kappa shape index (κ1) is 21.7. The van der Waals surface area contributed by atoms with Crippen molar-refractivity contribution in [2.24, 2.45) is 7.05 Å². The zero-order chi connectivity index (χ0) is 24.1. The van der Waals surface area contributed by atoms with Crippen LogP contribution in [0.5, 0.6) is 0 Å². The molecular weight excluding hydrogens is 456 g/mol. The maximum absolute atomic E-state index is 13.6. The fraction of sp³-hybridized carbons (Fsp3) is 0.174. The Kier molecular flexibility index (Phi) is 5.09. The number of carbonyl (C=O) groups excluding carboxylic acids is 2. The van der Waals surface area contributed by atoms with Crippen molar-refractivity contribution in [1.29, 1.82) is 0 Å². The van der Waals surface area contributed by atoms with E-state index in [4.69, 9.17) is 17.3 Å². The van der Waals surface area contributed by atoms with Crippen LogP contribution in [0.1, 0.15) is 23.0 Å². The number of aryl methyl sites for hydroxylation is 1. The minimum Gasteiger partial charge on any atom is -0.383 e. The van der Waals surface area contributed by atoms with E-state index in [1.165, 1.54) is 16.9 Å². The Bertz CT molecular complexity index is 1610. The van der Waals surface area contributed by atoms with Crippen LogP contribution in [-0.4, -0.2) is 53.3 Å². The molecule has 0 unspecified atom stereocenters. The molecule has 2 amide bonds. The van der Waals surface area contributed by atoms with Gasteiger partial charge in [-0.3, -0.25) is 19.3 Å². The van der Waals surface area contributed by atoms with Crippen LogP contribution in [0.4, 0.5) is 5.82 Å². The Morgan fingerprint density at radius 1 is 1.15 bits per heavy atom. The normalized spacial score (nSPS) is 11.4. The topological polar surface area (TPSA) is 115 Å². The second-order valence-electron chi connectivity index (χ2n) is 8.02. The molecule has 0 atom stereocenters. The van der Waals surface area contributed by atoms with E-state index in [9.17, 15) is 9.59 Å². The lowest BCUT2D eigenvalue weighted by atomic mass is 10.1. The number of fused-ring (bicyclic) bond motifs is 4. The summed E-state index contributed by atoms with van der Waals surface area (Å²) in [6, 6.07) is 10.6. The van der Waals surface area contributed by atoms with E-state index in [0.29, 0.717) is 33.0 Å². The molecule has 0 bridgehead atoms. The van der Waals surface area contributed by atoms with E-state index < -0.39 is 0 Å². The van der Waals surface area contributed by atoms with Gasteiger partial charge in [-0.1, -0.05) is 11.6 Å². The SMILES string of the molecule is CC(=O)N(C)N(Cc1cc2ccc(Cl)cn2n1)C(=O)c1ccc2nc(N)c3cnn(C)c3c2c1. The molecule has 0 aliphatic rings. The Balaban J connectivity index is 1.57. The third-order valence-corrected chi connectivity index (χ3v) is 6.02. The standard InChI is InChI=1S/C23H21ClN8O2/c1-13(33)30(3)32(12-16-9-17-6-5-15(24)11-31(17)28-16)23(34)14-4-7-20-18(8-14)21-19(22(25)27-20)10-26-29(21)2/h4-11H,12H2,1-3H3,(H2,25,27). The highest BCUT2D eigenvalue weighted by Gasteiger charge is 2.24. The quantitative estimate of drug-likeness (QED) is 0.400.